The highest BCUT2D eigenvalue weighted by Gasteiger charge is 2.34. The average Bonchev–Trinajstić information content (AvgIpc) is 2.13. The molecule has 0 amide bonds. The van der Waals surface area contributed by atoms with Crippen LogP contribution in [-0.2, 0) is 4.32 Å². The number of aromatic nitrogens is 1. The van der Waals surface area contributed by atoms with Gasteiger partial charge in [-0.25, -0.2) is 4.98 Å². The highest BCUT2D eigenvalue weighted by Crippen LogP contribution is 2.45. The maximum atomic E-state index is 5.90. The van der Waals surface area contributed by atoms with Gasteiger partial charge in [0.1, 0.15) is 5.15 Å². The molecule has 17 heavy (non-hydrogen) atoms. The van der Waals surface area contributed by atoms with Crippen LogP contribution >= 0.6 is 62.3 Å². The molecule has 0 saturated carbocycles. The molecule has 7 heteroatoms. The van der Waals surface area contributed by atoms with E-state index in [4.69, 9.17) is 51.1 Å². The van der Waals surface area contributed by atoms with Crippen molar-refractivity contribution in [2.45, 2.75) is 21.5 Å². The zero-order valence-corrected chi connectivity index (χ0v) is 13.7. The second-order valence-corrected chi connectivity index (χ2v) is 8.36. The van der Waals surface area contributed by atoms with E-state index in [9.17, 15) is 0 Å². The number of alkyl halides is 4. The molecule has 1 heterocycles. The number of nitrogens with zero attached hydrogens (tertiary/aromatic N) is 1. The van der Waals surface area contributed by atoms with Crippen molar-refractivity contribution in [3.8, 4) is 5.88 Å². The molecule has 0 saturated heterocycles. The first kappa shape index (κ1) is 15.6. The lowest BCUT2D eigenvalue weighted by Crippen LogP contribution is -2.21. The summed E-state index contributed by atoms with van der Waals surface area (Å²) in [4.78, 5) is 3.99. The molecular formula is C10H10BrCl4NO. The Bertz CT molecular complexity index is 406. The van der Waals surface area contributed by atoms with Gasteiger partial charge in [-0.05, 0) is 18.6 Å². The molecule has 0 N–H and O–H groups in total. The van der Waals surface area contributed by atoms with E-state index in [-0.39, 0.29) is 6.42 Å². The zero-order valence-electron chi connectivity index (χ0n) is 9.11. The minimum absolute atomic E-state index is 0.286. The summed E-state index contributed by atoms with van der Waals surface area (Å²) in [6, 6.07) is 3.45. The summed E-state index contributed by atoms with van der Waals surface area (Å²) in [5.74, 6) is 0.419. The standard InChI is InChI=1S/C10H10BrCl4NO/c1-9(11,5-10(13,14)15)6-3-7(12)16-8(4-6)17-2/h3-4H,5H2,1-2H3. The van der Waals surface area contributed by atoms with Gasteiger partial charge in [-0.15, -0.1) is 0 Å². The van der Waals surface area contributed by atoms with Crippen LogP contribution in [0.2, 0.25) is 5.15 Å². The molecule has 0 spiro atoms. The number of methoxy groups -OCH3 is 1. The largest absolute Gasteiger partial charge is 0.481 e. The van der Waals surface area contributed by atoms with Crippen LogP contribution in [0.5, 0.6) is 5.88 Å². The molecule has 0 aliphatic heterocycles. The molecule has 1 aromatic rings. The predicted octanol–water partition coefficient (Wildman–Crippen LogP) is 5.11. The van der Waals surface area contributed by atoms with Crippen molar-refractivity contribution in [2.75, 3.05) is 7.11 Å². The third-order valence-electron chi connectivity index (χ3n) is 2.11. The molecule has 0 fully saturated rings. The molecule has 0 aromatic carbocycles. The third kappa shape index (κ3) is 4.99. The first-order valence-corrected chi connectivity index (χ1v) is 6.92. The quantitative estimate of drug-likeness (QED) is 0.536. The van der Waals surface area contributed by atoms with Gasteiger partial charge < -0.3 is 4.74 Å². The van der Waals surface area contributed by atoms with Crippen LogP contribution in [0.25, 0.3) is 0 Å². The Balaban J connectivity index is 3.09. The molecule has 1 aromatic heterocycles. The van der Waals surface area contributed by atoms with Crippen molar-refractivity contribution >= 4 is 62.3 Å². The third-order valence-corrected chi connectivity index (χ3v) is 3.45. The van der Waals surface area contributed by atoms with Crippen LogP contribution < -0.4 is 4.74 Å². The van der Waals surface area contributed by atoms with Gasteiger partial charge in [-0.3, -0.25) is 0 Å². The summed E-state index contributed by atoms with van der Waals surface area (Å²) in [6.07, 6.45) is 0.286. The molecule has 1 unspecified atom stereocenters. The highest BCUT2D eigenvalue weighted by atomic mass is 79.9. The SMILES string of the molecule is COc1cc(C(C)(Br)CC(Cl)(Cl)Cl)cc(Cl)n1. The van der Waals surface area contributed by atoms with Gasteiger partial charge >= 0.3 is 0 Å². The Labute approximate surface area is 129 Å². The smallest absolute Gasteiger partial charge is 0.214 e. The Morgan fingerprint density at radius 2 is 1.94 bits per heavy atom. The van der Waals surface area contributed by atoms with E-state index in [1.54, 1.807) is 12.1 Å². The molecule has 0 radical (unpaired) electrons. The van der Waals surface area contributed by atoms with Crippen LogP contribution in [0.4, 0.5) is 0 Å². The summed E-state index contributed by atoms with van der Waals surface area (Å²) in [5, 5.41) is 0.328. The van der Waals surface area contributed by atoms with E-state index in [2.05, 4.69) is 20.9 Å². The van der Waals surface area contributed by atoms with E-state index in [1.165, 1.54) is 7.11 Å². The van der Waals surface area contributed by atoms with Crippen molar-refractivity contribution in [1.29, 1.82) is 0 Å². The van der Waals surface area contributed by atoms with Crippen molar-refractivity contribution in [3.63, 3.8) is 0 Å². The monoisotopic (exact) mass is 379 g/mol. The number of rotatable bonds is 3. The van der Waals surface area contributed by atoms with Crippen molar-refractivity contribution in [1.82, 2.24) is 4.98 Å². The second-order valence-electron chi connectivity index (χ2n) is 3.71. The van der Waals surface area contributed by atoms with Crippen LogP contribution in [0.1, 0.15) is 18.9 Å². The lowest BCUT2D eigenvalue weighted by molar-refractivity contribution is 0.396. The van der Waals surface area contributed by atoms with E-state index < -0.39 is 8.12 Å². The van der Waals surface area contributed by atoms with Gasteiger partial charge in [-0.1, -0.05) is 62.3 Å². The Hall–Kier alpha value is 0.590. The van der Waals surface area contributed by atoms with Gasteiger partial charge in [-0.2, -0.15) is 0 Å². The van der Waals surface area contributed by atoms with Crippen molar-refractivity contribution in [3.05, 3.63) is 22.8 Å². The van der Waals surface area contributed by atoms with Crippen LogP contribution in [0.3, 0.4) is 0 Å². The molecular weight excluding hydrogens is 372 g/mol. The van der Waals surface area contributed by atoms with Crippen molar-refractivity contribution < 1.29 is 4.74 Å². The minimum atomic E-state index is -1.36. The molecule has 2 nitrogen and oxygen atoms in total. The van der Waals surface area contributed by atoms with Gasteiger partial charge in [0, 0.05) is 12.5 Å². The number of ether oxygens (including phenoxy) is 1. The van der Waals surface area contributed by atoms with Crippen LogP contribution in [0.15, 0.2) is 12.1 Å². The number of hydrogen-bond donors (Lipinski definition) is 0. The summed E-state index contributed by atoms with van der Waals surface area (Å²) in [6.45, 7) is 1.89. The minimum Gasteiger partial charge on any atom is -0.481 e. The second kappa shape index (κ2) is 5.70. The molecule has 1 atom stereocenters. The fourth-order valence-electron chi connectivity index (χ4n) is 1.36. The van der Waals surface area contributed by atoms with Gasteiger partial charge in [0.2, 0.25) is 5.88 Å². The Kier molecular flexibility index (Phi) is 5.25. The van der Waals surface area contributed by atoms with E-state index in [1.807, 2.05) is 6.92 Å². The van der Waals surface area contributed by atoms with Gasteiger partial charge in [0.15, 0.2) is 3.79 Å². The topological polar surface area (TPSA) is 22.1 Å². The lowest BCUT2D eigenvalue weighted by atomic mass is 9.99. The highest BCUT2D eigenvalue weighted by molar-refractivity contribution is 9.09. The molecule has 0 aliphatic rings. The lowest BCUT2D eigenvalue weighted by Gasteiger charge is -2.27. The fraction of sp³-hybridized carbons (Fsp3) is 0.500. The summed E-state index contributed by atoms with van der Waals surface area (Å²) in [5.41, 5.74) is 0.834. The molecule has 1 rings (SSSR count). The summed E-state index contributed by atoms with van der Waals surface area (Å²) >= 11 is 26.8. The number of halogens is 5. The normalized spacial score (nSPS) is 15.5. The molecule has 0 aliphatic carbocycles. The van der Waals surface area contributed by atoms with Crippen LogP contribution in [-0.4, -0.2) is 15.9 Å². The summed E-state index contributed by atoms with van der Waals surface area (Å²) in [7, 11) is 1.52. The van der Waals surface area contributed by atoms with E-state index in [0.717, 1.165) is 5.56 Å². The summed E-state index contributed by atoms with van der Waals surface area (Å²) < 4.78 is 3.16. The Morgan fingerprint density at radius 3 is 2.41 bits per heavy atom. The van der Waals surface area contributed by atoms with Crippen LogP contribution in [0, 0.1) is 0 Å². The van der Waals surface area contributed by atoms with Gasteiger partial charge in [0.05, 0.1) is 11.4 Å². The average molecular weight is 382 g/mol. The Morgan fingerprint density at radius 1 is 1.35 bits per heavy atom. The maximum absolute atomic E-state index is 5.90. The van der Waals surface area contributed by atoms with Crippen molar-refractivity contribution in [2.24, 2.45) is 0 Å². The first-order chi connectivity index (χ1) is 7.64. The number of hydrogen-bond acceptors (Lipinski definition) is 2. The predicted molar refractivity (Wildman–Crippen MR) is 77.0 cm³/mol. The van der Waals surface area contributed by atoms with E-state index in [0.29, 0.717) is 11.0 Å². The first-order valence-electron chi connectivity index (χ1n) is 4.62. The zero-order chi connectivity index (χ0) is 13.3. The van der Waals surface area contributed by atoms with Gasteiger partial charge in [0.25, 0.3) is 0 Å². The maximum Gasteiger partial charge on any atom is 0.214 e. The number of pyridine rings is 1. The van der Waals surface area contributed by atoms with E-state index >= 15 is 0 Å². The molecule has 96 valence electrons. The fourth-order valence-corrected chi connectivity index (χ4v) is 3.49. The molecule has 0 bridgehead atoms.